The molecule has 0 aromatic heterocycles. The summed E-state index contributed by atoms with van der Waals surface area (Å²) >= 11 is 0. The third-order valence-corrected chi connectivity index (χ3v) is 2.76. The summed E-state index contributed by atoms with van der Waals surface area (Å²) in [7, 11) is 0. The monoisotopic (exact) mass is 277 g/mol. The van der Waals surface area contributed by atoms with Crippen molar-refractivity contribution in [3.8, 4) is 5.75 Å². The molecule has 0 saturated heterocycles. The highest BCUT2D eigenvalue weighted by Gasteiger charge is 2.37. The first-order valence-electron chi connectivity index (χ1n) is 5.68. The number of benzene rings is 1. The molecule has 1 aliphatic rings. The Morgan fingerprint density at radius 3 is 2.84 bits per heavy atom. The van der Waals surface area contributed by atoms with Crippen molar-refractivity contribution in [3.63, 3.8) is 0 Å². The van der Waals surface area contributed by atoms with Gasteiger partial charge in [0, 0.05) is 16.8 Å². The number of hydrogen-bond donors (Lipinski definition) is 1. The number of hydrogen-bond acceptors (Lipinski definition) is 4. The third kappa shape index (κ3) is 3.30. The smallest absolute Gasteiger partial charge is 0.414 e. The molecule has 1 heterocycles. The molecule has 2 rings (SSSR count). The molecule has 7 heteroatoms. The van der Waals surface area contributed by atoms with Crippen molar-refractivity contribution >= 4 is 5.69 Å². The fourth-order valence-corrected chi connectivity index (χ4v) is 1.74. The first-order chi connectivity index (χ1) is 8.88. The maximum Gasteiger partial charge on any atom is 0.414 e. The lowest BCUT2D eigenvalue weighted by Crippen LogP contribution is -2.28. The van der Waals surface area contributed by atoms with Crippen LogP contribution >= 0.6 is 0 Å². The van der Waals surface area contributed by atoms with Crippen LogP contribution < -0.4 is 10.5 Å². The number of nitrogen functional groups attached to an aromatic ring is 1. The minimum Gasteiger partial charge on any atom is -0.467 e. The van der Waals surface area contributed by atoms with E-state index < -0.39 is 12.3 Å². The minimum atomic E-state index is -4.38. The Morgan fingerprint density at radius 1 is 1.42 bits per heavy atom. The Labute approximate surface area is 108 Å². The van der Waals surface area contributed by atoms with Gasteiger partial charge in [-0.05, 0) is 19.1 Å². The van der Waals surface area contributed by atoms with Gasteiger partial charge >= 0.3 is 6.18 Å². The number of anilines is 1. The second-order valence-electron chi connectivity index (χ2n) is 4.27. The Morgan fingerprint density at radius 2 is 2.16 bits per heavy atom. The topological polar surface area (TPSA) is 53.7 Å². The van der Waals surface area contributed by atoms with E-state index in [0.717, 1.165) is 6.92 Å². The molecule has 19 heavy (non-hydrogen) atoms. The van der Waals surface area contributed by atoms with E-state index in [2.05, 4.69) is 0 Å². The fourth-order valence-electron chi connectivity index (χ4n) is 1.74. The van der Waals surface area contributed by atoms with Crippen LogP contribution in [0.25, 0.3) is 0 Å². The van der Waals surface area contributed by atoms with Gasteiger partial charge in [-0.15, -0.1) is 0 Å². The van der Waals surface area contributed by atoms with Gasteiger partial charge in [0.1, 0.15) is 5.75 Å². The summed E-state index contributed by atoms with van der Waals surface area (Å²) in [6.07, 6.45) is -6.23. The van der Waals surface area contributed by atoms with E-state index in [-0.39, 0.29) is 13.4 Å². The largest absolute Gasteiger partial charge is 0.467 e. The van der Waals surface area contributed by atoms with Crippen molar-refractivity contribution in [1.82, 2.24) is 0 Å². The van der Waals surface area contributed by atoms with Gasteiger partial charge in [-0.2, -0.15) is 13.2 Å². The Kier molecular flexibility index (Phi) is 3.86. The van der Waals surface area contributed by atoms with Crippen LogP contribution in [0, 0.1) is 0 Å². The zero-order valence-corrected chi connectivity index (χ0v) is 10.3. The summed E-state index contributed by atoms with van der Waals surface area (Å²) < 4.78 is 52.3. The number of halogens is 3. The molecule has 4 nitrogen and oxygen atoms in total. The van der Waals surface area contributed by atoms with Gasteiger partial charge in [0.2, 0.25) is 0 Å². The summed E-state index contributed by atoms with van der Waals surface area (Å²) in [5.74, 6) is 0.495. The highest BCUT2D eigenvalue weighted by atomic mass is 19.4. The van der Waals surface area contributed by atoms with Gasteiger partial charge in [-0.3, -0.25) is 0 Å². The van der Waals surface area contributed by atoms with Crippen LogP contribution in [0.3, 0.4) is 0 Å². The van der Waals surface area contributed by atoms with Crippen LogP contribution in [-0.2, 0) is 22.7 Å². The predicted octanol–water partition coefficient (Wildman–Crippen LogP) is 2.60. The number of ether oxygens (including phenoxy) is 3. The van der Waals surface area contributed by atoms with Crippen molar-refractivity contribution in [3.05, 3.63) is 23.3 Å². The van der Waals surface area contributed by atoms with E-state index in [1.807, 2.05) is 0 Å². The molecule has 0 amide bonds. The van der Waals surface area contributed by atoms with Crippen LogP contribution in [0.1, 0.15) is 18.1 Å². The maximum absolute atomic E-state index is 12.4. The van der Waals surface area contributed by atoms with Gasteiger partial charge in [0.05, 0.1) is 13.2 Å². The van der Waals surface area contributed by atoms with Crippen molar-refractivity contribution in [2.24, 2.45) is 0 Å². The van der Waals surface area contributed by atoms with Gasteiger partial charge in [0.15, 0.2) is 12.9 Å². The molecule has 0 aliphatic carbocycles. The van der Waals surface area contributed by atoms with Crippen molar-refractivity contribution in [1.29, 1.82) is 0 Å². The normalized spacial score (nSPS) is 16.6. The quantitative estimate of drug-likeness (QED) is 0.863. The molecule has 1 aliphatic heterocycles. The Hall–Kier alpha value is -1.47. The van der Waals surface area contributed by atoms with Crippen molar-refractivity contribution in [2.75, 3.05) is 12.5 Å². The number of rotatable bonds is 3. The van der Waals surface area contributed by atoms with E-state index in [9.17, 15) is 13.2 Å². The molecule has 0 bridgehead atoms. The van der Waals surface area contributed by atoms with Gasteiger partial charge in [-0.1, -0.05) is 0 Å². The zero-order chi connectivity index (χ0) is 14.0. The molecule has 106 valence electrons. The summed E-state index contributed by atoms with van der Waals surface area (Å²) in [4.78, 5) is 0. The zero-order valence-electron chi connectivity index (χ0n) is 10.3. The summed E-state index contributed by atoms with van der Waals surface area (Å²) in [6, 6.07) is 3.22. The molecule has 0 saturated carbocycles. The molecule has 1 aromatic rings. The molecule has 0 radical (unpaired) electrons. The first-order valence-corrected chi connectivity index (χ1v) is 5.68. The van der Waals surface area contributed by atoms with Crippen molar-refractivity contribution < 1.29 is 27.4 Å². The summed E-state index contributed by atoms with van der Waals surface area (Å²) in [5.41, 5.74) is 7.33. The molecule has 1 unspecified atom stereocenters. The molecule has 1 atom stereocenters. The van der Waals surface area contributed by atoms with E-state index in [1.54, 1.807) is 12.1 Å². The maximum atomic E-state index is 12.4. The SMILES string of the molecule is CC(OCc1cc(N)cc2c1OCOC2)C(F)(F)F. The molecular weight excluding hydrogens is 263 g/mol. The lowest BCUT2D eigenvalue weighted by Gasteiger charge is -2.22. The fraction of sp³-hybridized carbons (Fsp3) is 0.500. The number of nitrogens with two attached hydrogens (primary N) is 1. The Bertz CT molecular complexity index is 462. The minimum absolute atomic E-state index is 0.0682. The highest BCUT2D eigenvalue weighted by molar-refractivity contribution is 5.53. The summed E-state index contributed by atoms with van der Waals surface area (Å²) in [5, 5.41) is 0. The average Bonchev–Trinajstić information content (AvgIpc) is 2.34. The van der Waals surface area contributed by atoms with E-state index in [1.165, 1.54) is 0 Å². The lowest BCUT2D eigenvalue weighted by molar-refractivity contribution is -0.217. The van der Waals surface area contributed by atoms with E-state index >= 15 is 0 Å². The van der Waals surface area contributed by atoms with E-state index in [0.29, 0.717) is 29.2 Å². The molecule has 1 aromatic carbocycles. The van der Waals surface area contributed by atoms with Gasteiger partial charge in [0.25, 0.3) is 0 Å². The van der Waals surface area contributed by atoms with Gasteiger partial charge < -0.3 is 19.9 Å². The lowest BCUT2D eigenvalue weighted by atomic mass is 10.1. The second-order valence-corrected chi connectivity index (χ2v) is 4.27. The van der Waals surface area contributed by atoms with Crippen LogP contribution in [-0.4, -0.2) is 19.1 Å². The molecular formula is C12H14F3NO3. The molecule has 2 N–H and O–H groups in total. The summed E-state index contributed by atoms with van der Waals surface area (Å²) in [6.45, 7) is 1.14. The molecule has 0 fully saturated rings. The average molecular weight is 277 g/mol. The van der Waals surface area contributed by atoms with Crippen LogP contribution in [0.15, 0.2) is 12.1 Å². The van der Waals surface area contributed by atoms with E-state index in [4.69, 9.17) is 19.9 Å². The standard InChI is InChI=1S/C12H14F3NO3/c1-7(12(13,14)15)18-5-9-3-10(16)2-8-4-17-6-19-11(8)9/h2-3,7H,4-6,16H2,1H3. The van der Waals surface area contributed by atoms with Crippen LogP contribution in [0.5, 0.6) is 5.75 Å². The first kappa shape index (κ1) is 14.0. The highest BCUT2D eigenvalue weighted by Crippen LogP contribution is 2.32. The third-order valence-electron chi connectivity index (χ3n) is 2.76. The predicted molar refractivity (Wildman–Crippen MR) is 61.4 cm³/mol. The van der Waals surface area contributed by atoms with Crippen LogP contribution in [0.4, 0.5) is 18.9 Å². The van der Waals surface area contributed by atoms with Crippen LogP contribution in [0.2, 0.25) is 0 Å². The van der Waals surface area contributed by atoms with Gasteiger partial charge in [-0.25, -0.2) is 0 Å². The molecule has 0 spiro atoms. The second kappa shape index (κ2) is 5.26. The Balaban J connectivity index is 2.14. The number of fused-ring (bicyclic) bond motifs is 1. The number of alkyl halides is 3. The van der Waals surface area contributed by atoms with Crippen molar-refractivity contribution in [2.45, 2.75) is 32.4 Å².